The van der Waals surface area contributed by atoms with Crippen LogP contribution in [0.2, 0.25) is 5.02 Å². The van der Waals surface area contributed by atoms with Crippen LogP contribution in [0.1, 0.15) is 15.9 Å². The molecule has 5 aromatic rings. The SMILES string of the molecule is COc1ccc(S(=O)(=O)Nc2ccccc2C(=O)N(Cc2cccnc2)c2nc3c(OC)ccc(Cl)c3s2)cc1. The van der Waals surface area contributed by atoms with Crippen molar-refractivity contribution in [3.63, 3.8) is 0 Å². The molecule has 9 nitrogen and oxygen atoms in total. The number of methoxy groups -OCH3 is 2. The van der Waals surface area contributed by atoms with Gasteiger partial charge in [-0.1, -0.05) is 41.1 Å². The standard InChI is InChI=1S/C28H23ClN4O5S2/c1-37-19-9-11-20(12-10-19)40(35,36)32-23-8-4-3-7-21(23)27(34)33(17-18-6-5-15-30-16-18)28-31-25-24(38-2)14-13-22(29)26(25)39-28/h3-16,32H,17H2,1-2H3. The molecule has 12 heteroatoms. The van der Waals surface area contributed by atoms with Gasteiger partial charge in [-0.3, -0.25) is 19.4 Å². The Balaban J connectivity index is 1.56. The number of ether oxygens (including phenoxy) is 2. The Bertz CT molecular complexity index is 1780. The highest BCUT2D eigenvalue weighted by atomic mass is 35.5. The van der Waals surface area contributed by atoms with Crippen molar-refractivity contribution >= 4 is 59.9 Å². The van der Waals surface area contributed by atoms with Crippen molar-refractivity contribution in [2.24, 2.45) is 0 Å². The second kappa shape index (κ2) is 11.5. The molecule has 0 spiro atoms. The number of thiazole rings is 1. The molecule has 0 unspecified atom stereocenters. The third-order valence-corrected chi connectivity index (χ3v) is 8.90. The lowest BCUT2D eigenvalue weighted by molar-refractivity contribution is 0.0986. The van der Waals surface area contributed by atoms with Gasteiger partial charge in [0.1, 0.15) is 17.0 Å². The third-order valence-electron chi connectivity index (χ3n) is 5.98. The molecule has 40 heavy (non-hydrogen) atoms. The van der Waals surface area contributed by atoms with Crippen LogP contribution in [0.5, 0.6) is 11.5 Å². The number of benzene rings is 3. The minimum Gasteiger partial charge on any atom is -0.497 e. The van der Waals surface area contributed by atoms with E-state index in [-0.39, 0.29) is 22.7 Å². The van der Waals surface area contributed by atoms with Gasteiger partial charge >= 0.3 is 0 Å². The topological polar surface area (TPSA) is 111 Å². The molecule has 0 saturated heterocycles. The van der Waals surface area contributed by atoms with Crippen LogP contribution >= 0.6 is 22.9 Å². The summed E-state index contributed by atoms with van der Waals surface area (Å²) >= 11 is 7.69. The molecular weight excluding hydrogens is 572 g/mol. The second-order valence-corrected chi connectivity index (χ2v) is 11.6. The van der Waals surface area contributed by atoms with Crippen molar-refractivity contribution in [1.29, 1.82) is 0 Å². The van der Waals surface area contributed by atoms with Gasteiger partial charge in [-0.25, -0.2) is 13.4 Å². The zero-order chi connectivity index (χ0) is 28.3. The number of nitrogens with one attached hydrogen (secondary N) is 1. The number of carbonyl (C=O) groups excluding carboxylic acids is 1. The predicted molar refractivity (Wildman–Crippen MR) is 156 cm³/mol. The van der Waals surface area contributed by atoms with E-state index in [1.807, 2.05) is 6.07 Å². The Labute approximate surface area is 240 Å². The molecule has 3 aromatic carbocycles. The van der Waals surface area contributed by atoms with E-state index in [0.29, 0.717) is 31.9 Å². The van der Waals surface area contributed by atoms with Crippen LogP contribution in [-0.2, 0) is 16.6 Å². The maximum Gasteiger partial charge on any atom is 0.262 e. The molecular formula is C28H23ClN4O5S2. The molecule has 0 saturated carbocycles. The van der Waals surface area contributed by atoms with E-state index in [1.165, 1.54) is 48.7 Å². The maximum atomic E-state index is 14.1. The number of anilines is 2. The molecule has 0 aliphatic heterocycles. The highest BCUT2D eigenvalue weighted by molar-refractivity contribution is 7.92. The average Bonchev–Trinajstić information content (AvgIpc) is 3.43. The summed E-state index contributed by atoms with van der Waals surface area (Å²) in [5, 5.41) is 0.837. The minimum atomic E-state index is -4.01. The van der Waals surface area contributed by atoms with Gasteiger partial charge in [0.05, 0.1) is 46.6 Å². The molecule has 0 fully saturated rings. The van der Waals surface area contributed by atoms with E-state index in [2.05, 4.69) is 9.71 Å². The summed E-state index contributed by atoms with van der Waals surface area (Å²) in [6, 6.07) is 19.4. The number of nitrogens with zero attached hydrogens (tertiary/aromatic N) is 3. The minimum absolute atomic E-state index is 0.0238. The Morgan fingerprint density at radius 2 is 1.77 bits per heavy atom. The summed E-state index contributed by atoms with van der Waals surface area (Å²) in [6.45, 7) is 0.131. The fourth-order valence-electron chi connectivity index (χ4n) is 3.98. The number of sulfonamides is 1. The van der Waals surface area contributed by atoms with Crippen LogP contribution < -0.4 is 19.1 Å². The molecule has 0 bridgehead atoms. The lowest BCUT2D eigenvalue weighted by atomic mass is 10.1. The number of fused-ring (bicyclic) bond motifs is 1. The number of carbonyl (C=O) groups is 1. The van der Waals surface area contributed by atoms with Crippen molar-refractivity contribution in [2.75, 3.05) is 23.8 Å². The molecule has 0 aliphatic carbocycles. The molecule has 1 amide bonds. The quantitative estimate of drug-likeness (QED) is 0.222. The maximum absolute atomic E-state index is 14.1. The van der Waals surface area contributed by atoms with Gasteiger partial charge in [-0.2, -0.15) is 0 Å². The molecule has 204 valence electrons. The Hall–Kier alpha value is -4.19. The van der Waals surface area contributed by atoms with Gasteiger partial charge < -0.3 is 9.47 Å². The van der Waals surface area contributed by atoms with Crippen molar-refractivity contribution in [3.8, 4) is 11.5 Å². The van der Waals surface area contributed by atoms with Crippen LogP contribution in [0.4, 0.5) is 10.8 Å². The Morgan fingerprint density at radius 1 is 1.00 bits per heavy atom. The zero-order valence-electron chi connectivity index (χ0n) is 21.4. The van der Waals surface area contributed by atoms with Crippen molar-refractivity contribution < 1.29 is 22.7 Å². The van der Waals surface area contributed by atoms with Crippen LogP contribution in [0.25, 0.3) is 10.2 Å². The number of aromatic nitrogens is 2. The lowest BCUT2D eigenvalue weighted by Gasteiger charge is -2.22. The van der Waals surface area contributed by atoms with Gasteiger partial charge in [0, 0.05) is 12.4 Å². The van der Waals surface area contributed by atoms with E-state index in [4.69, 9.17) is 26.1 Å². The fourth-order valence-corrected chi connectivity index (χ4v) is 6.32. The largest absolute Gasteiger partial charge is 0.497 e. The summed E-state index contributed by atoms with van der Waals surface area (Å²) in [4.78, 5) is 24.5. The summed E-state index contributed by atoms with van der Waals surface area (Å²) in [5.41, 5.74) is 1.54. The van der Waals surface area contributed by atoms with Gasteiger partial charge in [-0.15, -0.1) is 0 Å². The Morgan fingerprint density at radius 3 is 2.48 bits per heavy atom. The van der Waals surface area contributed by atoms with Crippen molar-refractivity contribution in [2.45, 2.75) is 11.4 Å². The summed E-state index contributed by atoms with van der Waals surface area (Å²) < 4.78 is 40.2. The first-order chi connectivity index (χ1) is 19.3. The molecule has 2 aromatic heterocycles. The number of hydrogen-bond acceptors (Lipinski definition) is 8. The molecule has 0 atom stereocenters. The molecule has 0 radical (unpaired) electrons. The van der Waals surface area contributed by atoms with Crippen LogP contribution in [0, 0.1) is 0 Å². The monoisotopic (exact) mass is 594 g/mol. The van der Waals surface area contributed by atoms with Crippen LogP contribution in [-0.4, -0.2) is 38.5 Å². The first-order valence-electron chi connectivity index (χ1n) is 11.9. The van der Waals surface area contributed by atoms with E-state index < -0.39 is 15.9 Å². The first-order valence-corrected chi connectivity index (χ1v) is 14.6. The van der Waals surface area contributed by atoms with Crippen LogP contribution in [0.3, 0.4) is 0 Å². The van der Waals surface area contributed by atoms with E-state index >= 15 is 0 Å². The summed E-state index contributed by atoms with van der Waals surface area (Å²) in [7, 11) is -0.982. The number of para-hydroxylation sites is 1. The smallest absolute Gasteiger partial charge is 0.262 e. The molecule has 0 aliphatic rings. The van der Waals surface area contributed by atoms with Gasteiger partial charge in [0.25, 0.3) is 15.9 Å². The predicted octanol–water partition coefficient (Wildman–Crippen LogP) is 6.01. The van der Waals surface area contributed by atoms with Gasteiger partial charge in [0.2, 0.25) is 0 Å². The normalized spacial score (nSPS) is 11.3. The molecule has 2 heterocycles. The summed E-state index contributed by atoms with van der Waals surface area (Å²) in [6.07, 6.45) is 3.29. The van der Waals surface area contributed by atoms with Crippen molar-refractivity contribution in [1.82, 2.24) is 9.97 Å². The number of pyridine rings is 1. The third kappa shape index (κ3) is 5.57. The van der Waals surface area contributed by atoms with Crippen LogP contribution in [0.15, 0.2) is 90.1 Å². The highest BCUT2D eigenvalue weighted by Crippen LogP contribution is 2.39. The number of rotatable bonds is 9. The number of halogens is 1. The zero-order valence-corrected chi connectivity index (χ0v) is 23.8. The van der Waals surface area contributed by atoms with Gasteiger partial charge in [-0.05, 0) is 60.2 Å². The number of amides is 1. The highest BCUT2D eigenvalue weighted by Gasteiger charge is 2.27. The second-order valence-electron chi connectivity index (χ2n) is 8.50. The van der Waals surface area contributed by atoms with E-state index in [1.54, 1.807) is 60.9 Å². The Kier molecular flexibility index (Phi) is 7.88. The average molecular weight is 595 g/mol. The number of hydrogen-bond donors (Lipinski definition) is 1. The van der Waals surface area contributed by atoms with E-state index in [0.717, 1.165) is 5.56 Å². The molecule has 1 N–H and O–H groups in total. The lowest BCUT2D eigenvalue weighted by Crippen LogP contribution is -2.31. The van der Waals surface area contributed by atoms with Gasteiger partial charge in [0.15, 0.2) is 5.13 Å². The van der Waals surface area contributed by atoms with Crippen molar-refractivity contribution in [3.05, 3.63) is 101 Å². The first kappa shape index (κ1) is 27.4. The molecule has 5 rings (SSSR count). The fraction of sp³-hybridized carbons (Fsp3) is 0.107. The van der Waals surface area contributed by atoms with E-state index in [9.17, 15) is 13.2 Å². The summed E-state index contributed by atoms with van der Waals surface area (Å²) in [5.74, 6) is 0.572.